The van der Waals surface area contributed by atoms with Crippen LogP contribution in [0.3, 0.4) is 0 Å². The average Bonchev–Trinajstić information content (AvgIpc) is 2.97. The Kier molecular flexibility index (Phi) is 3.69. The molecule has 4 nitrogen and oxygen atoms in total. The zero-order chi connectivity index (χ0) is 12.3. The van der Waals surface area contributed by atoms with Crippen molar-refractivity contribution in [3.63, 3.8) is 0 Å². The van der Waals surface area contributed by atoms with E-state index in [4.69, 9.17) is 5.11 Å². The van der Waals surface area contributed by atoms with Crippen molar-refractivity contribution < 1.29 is 14.7 Å². The van der Waals surface area contributed by atoms with E-state index in [-0.39, 0.29) is 17.7 Å². The van der Waals surface area contributed by atoms with Crippen LogP contribution in [0.25, 0.3) is 0 Å². The van der Waals surface area contributed by atoms with Crippen molar-refractivity contribution in [3.8, 4) is 0 Å². The van der Waals surface area contributed by atoms with Crippen LogP contribution in [0.1, 0.15) is 51.4 Å². The van der Waals surface area contributed by atoms with Gasteiger partial charge in [0.25, 0.3) is 0 Å². The third-order valence-corrected chi connectivity index (χ3v) is 4.01. The van der Waals surface area contributed by atoms with E-state index in [1.807, 2.05) is 0 Å². The van der Waals surface area contributed by atoms with Gasteiger partial charge in [0.1, 0.15) is 0 Å². The lowest BCUT2D eigenvalue weighted by Gasteiger charge is -2.26. The summed E-state index contributed by atoms with van der Waals surface area (Å²) in [7, 11) is 0. The molecule has 0 atom stereocenters. The molecule has 2 aliphatic carbocycles. The van der Waals surface area contributed by atoms with Crippen LogP contribution >= 0.6 is 0 Å². The van der Waals surface area contributed by atoms with Gasteiger partial charge in [-0.25, -0.2) is 0 Å². The highest BCUT2D eigenvalue weighted by Gasteiger charge is 2.38. The molecule has 0 radical (unpaired) electrons. The molecule has 2 N–H and O–H groups in total. The number of carbonyl (C=O) groups is 2. The zero-order valence-electron chi connectivity index (χ0n) is 10.2. The van der Waals surface area contributed by atoms with Gasteiger partial charge < -0.3 is 10.4 Å². The Hall–Kier alpha value is -1.06. The summed E-state index contributed by atoms with van der Waals surface area (Å²) in [5, 5.41) is 11.9. The molecule has 4 heteroatoms. The third-order valence-electron chi connectivity index (χ3n) is 4.01. The minimum atomic E-state index is -0.776. The Bertz CT molecular complexity index is 304. The van der Waals surface area contributed by atoms with Crippen LogP contribution in [0.15, 0.2) is 0 Å². The summed E-state index contributed by atoms with van der Waals surface area (Å²) in [5.41, 5.74) is -0.264. The Labute approximate surface area is 102 Å². The molecule has 0 aromatic heterocycles. The maximum atomic E-state index is 11.8. The molecular weight excluding hydrogens is 218 g/mol. The van der Waals surface area contributed by atoms with Gasteiger partial charge in [-0.3, -0.25) is 9.59 Å². The highest BCUT2D eigenvalue weighted by atomic mass is 16.4. The molecule has 2 saturated carbocycles. The largest absolute Gasteiger partial charge is 0.481 e. The maximum absolute atomic E-state index is 11.8. The lowest BCUT2D eigenvalue weighted by atomic mass is 9.79. The van der Waals surface area contributed by atoms with E-state index in [1.165, 1.54) is 12.8 Å². The van der Waals surface area contributed by atoms with E-state index in [1.54, 1.807) is 0 Å². The van der Waals surface area contributed by atoms with E-state index < -0.39 is 5.97 Å². The Morgan fingerprint density at radius 3 is 2.35 bits per heavy atom. The van der Waals surface area contributed by atoms with Crippen LogP contribution < -0.4 is 5.32 Å². The summed E-state index contributed by atoms with van der Waals surface area (Å²) in [5.74, 6) is -0.0557. The van der Waals surface area contributed by atoms with E-state index in [2.05, 4.69) is 5.32 Å². The molecule has 2 rings (SSSR count). The van der Waals surface area contributed by atoms with Crippen LogP contribution in [0.4, 0.5) is 0 Å². The van der Waals surface area contributed by atoms with Crippen molar-refractivity contribution >= 4 is 11.9 Å². The van der Waals surface area contributed by atoms with Gasteiger partial charge in [0, 0.05) is 13.0 Å². The summed E-state index contributed by atoms with van der Waals surface area (Å²) in [4.78, 5) is 22.7. The Morgan fingerprint density at radius 2 is 1.82 bits per heavy atom. The normalized spacial score (nSPS) is 22.4. The smallest absolute Gasteiger partial charge is 0.303 e. The van der Waals surface area contributed by atoms with E-state index >= 15 is 0 Å². The summed E-state index contributed by atoms with van der Waals surface area (Å²) in [6, 6.07) is 0. The molecule has 2 aliphatic rings. The maximum Gasteiger partial charge on any atom is 0.303 e. The second-order valence-corrected chi connectivity index (χ2v) is 5.70. The molecule has 96 valence electrons. The first-order valence-corrected chi connectivity index (χ1v) is 6.58. The van der Waals surface area contributed by atoms with E-state index in [0.717, 1.165) is 32.2 Å². The monoisotopic (exact) mass is 239 g/mol. The van der Waals surface area contributed by atoms with Crippen molar-refractivity contribution in [3.05, 3.63) is 0 Å². The molecule has 0 aliphatic heterocycles. The Balaban J connectivity index is 1.82. The first-order chi connectivity index (χ1) is 8.10. The van der Waals surface area contributed by atoms with Crippen molar-refractivity contribution in [1.29, 1.82) is 0 Å². The quantitative estimate of drug-likeness (QED) is 0.744. The van der Waals surface area contributed by atoms with Gasteiger partial charge >= 0.3 is 5.97 Å². The fraction of sp³-hybridized carbons (Fsp3) is 0.846. The van der Waals surface area contributed by atoms with Gasteiger partial charge in [-0.1, -0.05) is 12.8 Å². The SMILES string of the molecule is O=C(O)CC1(CC(=O)NCC2CC2)CCCC1. The van der Waals surface area contributed by atoms with Crippen LogP contribution in [0.5, 0.6) is 0 Å². The number of rotatable bonds is 6. The first kappa shape index (κ1) is 12.4. The van der Waals surface area contributed by atoms with Crippen molar-refractivity contribution in [2.24, 2.45) is 11.3 Å². The number of nitrogens with one attached hydrogen (secondary N) is 1. The lowest BCUT2D eigenvalue weighted by Crippen LogP contribution is -2.33. The molecule has 2 fully saturated rings. The summed E-state index contributed by atoms with van der Waals surface area (Å²) in [6.07, 6.45) is 6.87. The minimum absolute atomic E-state index is 0.0417. The zero-order valence-corrected chi connectivity index (χ0v) is 10.2. The first-order valence-electron chi connectivity index (χ1n) is 6.58. The molecule has 0 bridgehead atoms. The third kappa shape index (κ3) is 3.72. The van der Waals surface area contributed by atoms with Crippen molar-refractivity contribution in [2.45, 2.75) is 51.4 Å². The predicted octanol–water partition coefficient (Wildman–Crippen LogP) is 1.94. The summed E-state index contributed by atoms with van der Waals surface area (Å²) < 4.78 is 0. The number of aliphatic carboxylic acids is 1. The van der Waals surface area contributed by atoms with Gasteiger partial charge in [0.05, 0.1) is 6.42 Å². The fourth-order valence-electron chi connectivity index (χ4n) is 2.85. The van der Waals surface area contributed by atoms with Gasteiger partial charge in [-0.2, -0.15) is 0 Å². The minimum Gasteiger partial charge on any atom is -0.481 e. The fourth-order valence-corrected chi connectivity index (χ4v) is 2.85. The van der Waals surface area contributed by atoms with Gasteiger partial charge in [0.15, 0.2) is 0 Å². The molecule has 0 heterocycles. The molecule has 0 aromatic carbocycles. The predicted molar refractivity (Wildman–Crippen MR) is 63.5 cm³/mol. The second-order valence-electron chi connectivity index (χ2n) is 5.70. The standard InChI is InChI=1S/C13H21NO3/c15-11(14-9-10-3-4-10)7-13(8-12(16)17)5-1-2-6-13/h10H,1-9H2,(H,14,15)(H,16,17). The summed E-state index contributed by atoms with van der Waals surface area (Å²) in [6.45, 7) is 0.780. The topological polar surface area (TPSA) is 66.4 Å². The van der Waals surface area contributed by atoms with Gasteiger partial charge in [-0.15, -0.1) is 0 Å². The van der Waals surface area contributed by atoms with Crippen molar-refractivity contribution in [1.82, 2.24) is 5.32 Å². The number of amides is 1. The highest BCUT2D eigenvalue weighted by Crippen LogP contribution is 2.44. The molecule has 0 spiro atoms. The number of carboxylic acid groups (broad SMARTS) is 1. The van der Waals surface area contributed by atoms with Crippen LogP contribution in [0.2, 0.25) is 0 Å². The second kappa shape index (κ2) is 5.07. The molecule has 0 saturated heterocycles. The van der Waals surface area contributed by atoms with Gasteiger partial charge in [-0.05, 0) is 37.0 Å². The molecular formula is C13H21NO3. The number of carboxylic acids is 1. The highest BCUT2D eigenvalue weighted by molar-refractivity contribution is 5.78. The summed E-state index contributed by atoms with van der Waals surface area (Å²) >= 11 is 0. The van der Waals surface area contributed by atoms with Crippen molar-refractivity contribution in [2.75, 3.05) is 6.54 Å². The Morgan fingerprint density at radius 1 is 1.18 bits per heavy atom. The van der Waals surface area contributed by atoms with Crippen LogP contribution in [0, 0.1) is 11.3 Å². The molecule has 17 heavy (non-hydrogen) atoms. The number of carbonyl (C=O) groups excluding carboxylic acids is 1. The molecule has 0 unspecified atom stereocenters. The molecule has 0 aromatic rings. The van der Waals surface area contributed by atoms with E-state index in [0.29, 0.717) is 12.3 Å². The lowest BCUT2D eigenvalue weighted by molar-refractivity contribution is -0.140. The van der Waals surface area contributed by atoms with Crippen LogP contribution in [-0.4, -0.2) is 23.5 Å². The number of hydrogen-bond acceptors (Lipinski definition) is 2. The number of hydrogen-bond donors (Lipinski definition) is 2. The van der Waals surface area contributed by atoms with E-state index in [9.17, 15) is 9.59 Å². The molecule has 1 amide bonds. The van der Waals surface area contributed by atoms with Crippen LogP contribution in [-0.2, 0) is 9.59 Å². The van der Waals surface area contributed by atoms with Gasteiger partial charge in [0.2, 0.25) is 5.91 Å². The average molecular weight is 239 g/mol.